The van der Waals surface area contributed by atoms with Crippen LogP contribution in [0.3, 0.4) is 0 Å². The van der Waals surface area contributed by atoms with Crippen molar-refractivity contribution in [1.29, 1.82) is 0 Å². The second kappa shape index (κ2) is 25.9. The van der Waals surface area contributed by atoms with Crippen LogP contribution in [0.5, 0.6) is 0 Å². The predicted octanol–water partition coefficient (Wildman–Crippen LogP) is 7.99. The highest BCUT2D eigenvalue weighted by molar-refractivity contribution is 4.62. The van der Waals surface area contributed by atoms with Gasteiger partial charge >= 0.3 is 0 Å². The molecule has 0 unspecified atom stereocenters. The van der Waals surface area contributed by atoms with Crippen LogP contribution in [0.4, 0.5) is 0 Å². The summed E-state index contributed by atoms with van der Waals surface area (Å²) in [6, 6.07) is 0. The lowest BCUT2D eigenvalue weighted by molar-refractivity contribution is 0.0301. The van der Waals surface area contributed by atoms with Gasteiger partial charge in [-0.05, 0) is 37.0 Å². The van der Waals surface area contributed by atoms with E-state index in [0.717, 1.165) is 59.3 Å². The molecule has 0 rings (SSSR count). The minimum absolute atomic E-state index is 0.711. The molecule has 0 bridgehead atoms. The first kappa shape index (κ1) is 33.8. The molecule has 0 amide bonds. The molecule has 0 aliphatic carbocycles. The lowest BCUT2D eigenvalue weighted by Crippen LogP contribution is -2.35. The van der Waals surface area contributed by atoms with Crippen LogP contribution in [0.15, 0.2) is 0 Å². The van der Waals surface area contributed by atoms with E-state index in [2.05, 4.69) is 46.4 Å². The Morgan fingerprint density at radius 1 is 0.471 bits per heavy atom. The molecule has 0 saturated carbocycles. The van der Waals surface area contributed by atoms with Crippen molar-refractivity contribution in [1.82, 2.24) is 4.90 Å². The Morgan fingerprint density at radius 3 is 1.00 bits per heavy atom. The normalized spacial score (nSPS) is 14.6. The van der Waals surface area contributed by atoms with Gasteiger partial charge in [0, 0.05) is 39.5 Å². The number of hydrogen-bond acceptors (Lipinski definition) is 4. The fourth-order valence-corrected chi connectivity index (χ4v) is 4.36. The molecule has 0 radical (unpaired) electrons. The van der Waals surface area contributed by atoms with Crippen LogP contribution in [-0.4, -0.2) is 64.2 Å². The first-order valence-corrected chi connectivity index (χ1v) is 15.1. The minimum Gasteiger partial charge on any atom is -0.380 e. The van der Waals surface area contributed by atoms with Crippen LogP contribution in [0.25, 0.3) is 0 Å². The van der Waals surface area contributed by atoms with Gasteiger partial charge < -0.3 is 14.2 Å². The van der Waals surface area contributed by atoms with Gasteiger partial charge in [0.1, 0.15) is 0 Å². The largest absolute Gasteiger partial charge is 0.380 e. The molecule has 206 valence electrons. The fraction of sp³-hybridized carbons (Fsp3) is 1.00. The molecule has 0 saturated heterocycles. The van der Waals surface area contributed by atoms with E-state index in [-0.39, 0.29) is 0 Å². The highest BCUT2D eigenvalue weighted by Crippen LogP contribution is 2.14. The quantitative estimate of drug-likeness (QED) is 0.110. The smallest absolute Gasteiger partial charge is 0.0593 e. The third-order valence-corrected chi connectivity index (χ3v) is 7.35. The maximum atomic E-state index is 6.10. The lowest BCUT2D eigenvalue weighted by atomic mass is 10.0. The fourth-order valence-electron chi connectivity index (χ4n) is 4.36. The van der Waals surface area contributed by atoms with Crippen LogP contribution in [-0.2, 0) is 14.2 Å². The van der Waals surface area contributed by atoms with Crippen molar-refractivity contribution >= 4 is 0 Å². The second-order valence-corrected chi connectivity index (χ2v) is 10.3. The van der Waals surface area contributed by atoms with E-state index in [0.29, 0.717) is 17.8 Å². The molecule has 0 aromatic heterocycles. The van der Waals surface area contributed by atoms with Crippen molar-refractivity contribution in [3.63, 3.8) is 0 Å². The average molecular weight is 486 g/mol. The Labute approximate surface area is 214 Å². The summed E-state index contributed by atoms with van der Waals surface area (Å²) in [6.45, 7) is 21.7. The van der Waals surface area contributed by atoms with E-state index in [9.17, 15) is 0 Å². The molecule has 34 heavy (non-hydrogen) atoms. The van der Waals surface area contributed by atoms with Gasteiger partial charge in [0.15, 0.2) is 0 Å². The minimum atomic E-state index is 0.711. The Bertz CT molecular complexity index is 336. The zero-order valence-electron chi connectivity index (χ0n) is 24.3. The summed E-state index contributed by atoms with van der Waals surface area (Å²) in [4.78, 5) is 2.48. The van der Waals surface area contributed by atoms with Crippen molar-refractivity contribution in [3.8, 4) is 0 Å². The molecule has 0 aliphatic rings. The topological polar surface area (TPSA) is 30.9 Å². The van der Waals surface area contributed by atoms with E-state index in [1.54, 1.807) is 0 Å². The highest BCUT2D eigenvalue weighted by Gasteiger charge is 2.11. The molecule has 3 atom stereocenters. The van der Waals surface area contributed by atoms with Crippen LogP contribution in [0.2, 0.25) is 0 Å². The summed E-state index contributed by atoms with van der Waals surface area (Å²) in [7, 11) is 0. The first-order valence-electron chi connectivity index (χ1n) is 15.1. The summed E-state index contributed by atoms with van der Waals surface area (Å²) < 4.78 is 18.3. The van der Waals surface area contributed by atoms with E-state index in [4.69, 9.17) is 14.2 Å². The Morgan fingerprint density at radius 2 is 0.765 bits per heavy atom. The van der Waals surface area contributed by atoms with E-state index < -0.39 is 0 Å². The van der Waals surface area contributed by atoms with Gasteiger partial charge in [0.2, 0.25) is 0 Å². The standard InChI is InChI=1S/C30H63NO3/c1-7-13-16-28(10-4)25-32-22-19-31(20-23-33-26-29(11-5)17-14-8-2)21-24-34-27-30(12-6)18-15-9-3/h28-30H,7-27H2,1-6H3/t28-,29-,30-/m1/s1. The molecule has 4 nitrogen and oxygen atoms in total. The molecular weight excluding hydrogens is 422 g/mol. The Balaban J connectivity index is 4.38. The second-order valence-electron chi connectivity index (χ2n) is 10.3. The Hall–Kier alpha value is -0.160. The maximum absolute atomic E-state index is 6.10. The molecule has 0 aromatic rings. The van der Waals surface area contributed by atoms with Gasteiger partial charge in [0.05, 0.1) is 19.8 Å². The molecule has 0 spiro atoms. The third kappa shape index (κ3) is 20.1. The summed E-state index contributed by atoms with van der Waals surface area (Å²) in [5.41, 5.74) is 0. The van der Waals surface area contributed by atoms with Crippen molar-refractivity contribution in [3.05, 3.63) is 0 Å². The van der Waals surface area contributed by atoms with Crippen LogP contribution < -0.4 is 0 Å². The van der Waals surface area contributed by atoms with Gasteiger partial charge in [-0.15, -0.1) is 0 Å². The van der Waals surface area contributed by atoms with Gasteiger partial charge in [-0.3, -0.25) is 4.90 Å². The number of nitrogens with zero attached hydrogens (tertiary/aromatic N) is 1. The number of hydrogen-bond donors (Lipinski definition) is 0. The van der Waals surface area contributed by atoms with Crippen molar-refractivity contribution in [2.45, 2.75) is 119 Å². The van der Waals surface area contributed by atoms with E-state index in [1.165, 1.54) is 77.0 Å². The van der Waals surface area contributed by atoms with E-state index in [1.807, 2.05) is 0 Å². The number of rotatable bonds is 27. The van der Waals surface area contributed by atoms with Gasteiger partial charge in [-0.2, -0.15) is 0 Å². The SMILES string of the molecule is CCCC[C@@H](CC)COCCN(CCOC[C@H](CC)CCCC)CCOC[C@H](CC)CCCC. The maximum Gasteiger partial charge on any atom is 0.0593 e. The average Bonchev–Trinajstić information content (AvgIpc) is 2.86. The Kier molecular flexibility index (Phi) is 25.8. The zero-order chi connectivity index (χ0) is 25.3. The monoisotopic (exact) mass is 485 g/mol. The highest BCUT2D eigenvalue weighted by atomic mass is 16.5. The summed E-state index contributed by atoms with van der Waals surface area (Å²) in [5.74, 6) is 2.13. The van der Waals surface area contributed by atoms with E-state index >= 15 is 0 Å². The van der Waals surface area contributed by atoms with Crippen LogP contribution >= 0.6 is 0 Å². The molecule has 0 fully saturated rings. The molecule has 0 aromatic carbocycles. The summed E-state index contributed by atoms with van der Waals surface area (Å²) in [6.07, 6.45) is 15.3. The van der Waals surface area contributed by atoms with Crippen molar-refractivity contribution in [2.24, 2.45) is 17.8 Å². The van der Waals surface area contributed by atoms with Gasteiger partial charge in [-0.1, -0.05) is 99.3 Å². The summed E-state index contributed by atoms with van der Waals surface area (Å²) in [5, 5.41) is 0. The van der Waals surface area contributed by atoms with Crippen LogP contribution in [0.1, 0.15) is 119 Å². The third-order valence-electron chi connectivity index (χ3n) is 7.35. The van der Waals surface area contributed by atoms with Gasteiger partial charge in [-0.25, -0.2) is 0 Å². The zero-order valence-corrected chi connectivity index (χ0v) is 24.3. The van der Waals surface area contributed by atoms with Crippen LogP contribution in [0, 0.1) is 17.8 Å². The predicted molar refractivity (Wildman–Crippen MR) is 149 cm³/mol. The molecule has 0 heterocycles. The van der Waals surface area contributed by atoms with Crippen molar-refractivity contribution < 1.29 is 14.2 Å². The molecular formula is C30H63NO3. The number of ether oxygens (including phenoxy) is 3. The number of unbranched alkanes of at least 4 members (excludes halogenated alkanes) is 3. The molecule has 0 aliphatic heterocycles. The molecule has 0 N–H and O–H groups in total. The summed E-state index contributed by atoms with van der Waals surface area (Å²) >= 11 is 0. The van der Waals surface area contributed by atoms with Crippen molar-refractivity contribution in [2.75, 3.05) is 59.3 Å². The van der Waals surface area contributed by atoms with Gasteiger partial charge in [0.25, 0.3) is 0 Å². The lowest BCUT2D eigenvalue weighted by Gasteiger charge is -2.24. The molecule has 4 heteroatoms. The first-order chi connectivity index (χ1) is 16.6.